The smallest absolute Gasteiger partial charge is 0.323 e. The van der Waals surface area contributed by atoms with E-state index >= 15 is 0 Å². The molecule has 1 rings (SSSR count). The Morgan fingerprint density at radius 3 is 2.55 bits per heavy atom. The molecule has 1 aromatic heterocycles. The van der Waals surface area contributed by atoms with Crippen molar-refractivity contribution < 1.29 is 9.90 Å². The molecule has 2 atom stereocenters. The van der Waals surface area contributed by atoms with E-state index in [0.717, 1.165) is 18.5 Å². The van der Waals surface area contributed by atoms with Gasteiger partial charge < -0.3 is 10.4 Å². The van der Waals surface area contributed by atoms with Gasteiger partial charge in [-0.15, -0.1) is 0 Å². The highest BCUT2D eigenvalue weighted by molar-refractivity contribution is 5.78. The SMILES string of the molecule is CCNC(C)(CC(C)n1nc(CC)cc1CC)C(=O)O. The topological polar surface area (TPSA) is 67.2 Å². The monoisotopic (exact) mass is 281 g/mol. The number of carbonyl (C=O) groups is 1. The van der Waals surface area contributed by atoms with Crippen LogP contribution in [0.2, 0.25) is 0 Å². The molecule has 0 saturated heterocycles. The number of hydrogen-bond acceptors (Lipinski definition) is 3. The predicted octanol–water partition coefficient (Wildman–Crippen LogP) is 2.41. The van der Waals surface area contributed by atoms with E-state index < -0.39 is 11.5 Å². The summed E-state index contributed by atoms with van der Waals surface area (Å²) >= 11 is 0. The van der Waals surface area contributed by atoms with Crippen molar-refractivity contribution in [2.45, 2.75) is 65.5 Å². The zero-order chi connectivity index (χ0) is 15.3. The van der Waals surface area contributed by atoms with Crippen LogP contribution in [0.4, 0.5) is 0 Å². The largest absolute Gasteiger partial charge is 0.480 e. The third kappa shape index (κ3) is 3.60. The van der Waals surface area contributed by atoms with E-state index in [-0.39, 0.29) is 6.04 Å². The lowest BCUT2D eigenvalue weighted by Gasteiger charge is -2.29. The molecule has 0 radical (unpaired) electrons. The van der Waals surface area contributed by atoms with Crippen molar-refractivity contribution in [1.82, 2.24) is 15.1 Å². The van der Waals surface area contributed by atoms with E-state index in [1.165, 1.54) is 5.69 Å². The quantitative estimate of drug-likeness (QED) is 0.768. The number of aliphatic carboxylic acids is 1. The highest BCUT2D eigenvalue weighted by atomic mass is 16.4. The van der Waals surface area contributed by atoms with Crippen molar-refractivity contribution in [2.24, 2.45) is 0 Å². The van der Waals surface area contributed by atoms with Gasteiger partial charge in [0.2, 0.25) is 0 Å². The van der Waals surface area contributed by atoms with Gasteiger partial charge in [0, 0.05) is 5.69 Å². The van der Waals surface area contributed by atoms with E-state index in [4.69, 9.17) is 0 Å². The first-order chi connectivity index (χ1) is 9.37. The fraction of sp³-hybridized carbons (Fsp3) is 0.733. The molecule has 0 saturated carbocycles. The van der Waals surface area contributed by atoms with Gasteiger partial charge in [0.15, 0.2) is 0 Å². The molecule has 2 N–H and O–H groups in total. The van der Waals surface area contributed by atoms with Crippen LogP contribution in [0, 0.1) is 0 Å². The minimum Gasteiger partial charge on any atom is -0.480 e. The molecule has 0 aliphatic carbocycles. The van der Waals surface area contributed by atoms with Crippen LogP contribution in [0.5, 0.6) is 0 Å². The molecule has 1 heterocycles. The third-order valence-corrected chi connectivity index (χ3v) is 3.75. The maximum atomic E-state index is 11.5. The maximum Gasteiger partial charge on any atom is 0.323 e. The molecule has 20 heavy (non-hydrogen) atoms. The Labute approximate surface area is 121 Å². The van der Waals surface area contributed by atoms with Crippen LogP contribution >= 0.6 is 0 Å². The van der Waals surface area contributed by atoms with Crippen LogP contribution in [0.25, 0.3) is 0 Å². The van der Waals surface area contributed by atoms with E-state index in [1.54, 1.807) is 6.92 Å². The minimum absolute atomic E-state index is 0.0467. The molecular formula is C15H27N3O2. The lowest BCUT2D eigenvalue weighted by atomic mass is 9.93. The van der Waals surface area contributed by atoms with E-state index in [1.807, 2.05) is 18.5 Å². The minimum atomic E-state index is -0.919. The van der Waals surface area contributed by atoms with Gasteiger partial charge in [-0.2, -0.15) is 5.10 Å². The van der Waals surface area contributed by atoms with Crippen LogP contribution in [0.1, 0.15) is 58.5 Å². The average Bonchev–Trinajstić information content (AvgIpc) is 2.82. The number of likely N-dealkylation sites (N-methyl/N-ethyl adjacent to an activating group) is 1. The molecule has 1 aromatic rings. The molecule has 0 aliphatic rings. The van der Waals surface area contributed by atoms with Crippen molar-refractivity contribution in [3.8, 4) is 0 Å². The second-order valence-electron chi connectivity index (χ2n) is 5.50. The molecule has 114 valence electrons. The summed E-state index contributed by atoms with van der Waals surface area (Å²) in [4.78, 5) is 11.5. The van der Waals surface area contributed by atoms with Crippen molar-refractivity contribution >= 4 is 5.97 Å². The van der Waals surface area contributed by atoms with Gasteiger partial charge in [-0.25, -0.2) is 0 Å². The van der Waals surface area contributed by atoms with Crippen LogP contribution in [-0.2, 0) is 17.6 Å². The molecule has 5 nitrogen and oxygen atoms in total. The van der Waals surface area contributed by atoms with Crippen molar-refractivity contribution in [3.63, 3.8) is 0 Å². The van der Waals surface area contributed by atoms with Crippen molar-refractivity contribution in [3.05, 3.63) is 17.5 Å². The van der Waals surface area contributed by atoms with Gasteiger partial charge in [-0.05, 0) is 45.7 Å². The second kappa shape index (κ2) is 6.88. The number of nitrogens with zero attached hydrogens (tertiary/aromatic N) is 2. The Bertz CT molecular complexity index is 456. The van der Waals surface area contributed by atoms with Gasteiger partial charge in [0.05, 0.1) is 11.7 Å². The lowest BCUT2D eigenvalue weighted by molar-refractivity contribution is -0.144. The Morgan fingerprint density at radius 1 is 1.45 bits per heavy atom. The molecular weight excluding hydrogens is 254 g/mol. The fourth-order valence-corrected chi connectivity index (χ4v) is 2.61. The molecule has 0 bridgehead atoms. The number of nitrogens with one attached hydrogen (secondary N) is 1. The number of carboxylic acid groups (broad SMARTS) is 1. The van der Waals surface area contributed by atoms with Gasteiger partial charge in [0.1, 0.15) is 5.54 Å². The summed E-state index contributed by atoms with van der Waals surface area (Å²) in [6.45, 7) is 10.5. The summed E-state index contributed by atoms with van der Waals surface area (Å²) in [6.07, 6.45) is 2.31. The van der Waals surface area contributed by atoms with Crippen LogP contribution in [0.3, 0.4) is 0 Å². The van der Waals surface area contributed by atoms with Gasteiger partial charge in [-0.1, -0.05) is 20.8 Å². The van der Waals surface area contributed by atoms with Crippen LogP contribution in [0.15, 0.2) is 6.07 Å². The first-order valence-electron chi connectivity index (χ1n) is 7.43. The predicted molar refractivity (Wildman–Crippen MR) is 80.0 cm³/mol. The summed E-state index contributed by atoms with van der Waals surface area (Å²) in [5.74, 6) is -0.813. The second-order valence-corrected chi connectivity index (χ2v) is 5.50. The maximum absolute atomic E-state index is 11.5. The highest BCUT2D eigenvalue weighted by Gasteiger charge is 2.34. The summed E-state index contributed by atoms with van der Waals surface area (Å²) in [5.41, 5.74) is 1.31. The van der Waals surface area contributed by atoms with Crippen molar-refractivity contribution in [1.29, 1.82) is 0 Å². The normalized spacial score (nSPS) is 15.8. The Hall–Kier alpha value is -1.36. The molecule has 5 heteroatoms. The highest BCUT2D eigenvalue weighted by Crippen LogP contribution is 2.23. The van der Waals surface area contributed by atoms with E-state index in [0.29, 0.717) is 13.0 Å². The van der Waals surface area contributed by atoms with Crippen LogP contribution in [-0.4, -0.2) is 32.9 Å². The van der Waals surface area contributed by atoms with Crippen LogP contribution < -0.4 is 5.32 Å². The Kier molecular flexibility index (Phi) is 5.74. The third-order valence-electron chi connectivity index (χ3n) is 3.75. The van der Waals surface area contributed by atoms with Gasteiger partial charge in [0.25, 0.3) is 0 Å². The molecule has 0 amide bonds. The Morgan fingerprint density at radius 2 is 2.10 bits per heavy atom. The summed E-state index contributed by atoms with van der Waals surface area (Å²) in [6, 6.07) is 2.16. The zero-order valence-corrected chi connectivity index (χ0v) is 13.2. The number of hydrogen-bond donors (Lipinski definition) is 2. The Balaban J connectivity index is 2.96. The number of aromatic nitrogens is 2. The number of aryl methyl sites for hydroxylation is 2. The van der Waals surface area contributed by atoms with Gasteiger partial charge >= 0.3 is 5.97 Å². The summed E-state index contributed by atoms with van der Waals surface area (Å²) < 4.78 is 1.98. The molecule has 0 spiro atoms. The fourth-order valence-electron chi connectivity index (χ4n) is 2.61. The molecule has 0 aromatic carbocycles. The summed E-state index contributed by atoms with van der Waals surface area (Å²) in [7, 11) is 0. The molecule has 0 aliphatic heterocycles. The van der Waals surface area contributed by atoms with E-state index in [9.17, 15) is 9.90 Å². The first kappa shape index (κ1) is 16.7. The standard InChI is InChI=1S/C15H27N3O2/c1-6-12-9-13(7-2)18(17-12)11(4)10-15(5,14(19)20)16-8-3/h9,11,16H,6-8,10H2,1-5H3,(H,19,20). The first-order valence-corrected chi connectivity index (χ1v) is 7.43. The van der Waals surface area contributed by atoms with Crippen molar-refractivity contribution in [2.75, 3.05) is 6.54 Å². The average molecular weight is 281 g/mol. The molecule has 2 unspecified atom stereocenters. The molecule has 0 fully saturated rings. The number of carboxylic acids is 1. The van der Waals surface area contributed by atoms with E-state index in [2.05, 4.69) is 30.3 Å². The number of rotatable bonds is 8. The lowest BCUT2D eigenvalue weighted by Crippen LogP contribution is -2.50. The zero-order valence-electron chi connectivity index (χ0n) is 13.2. The summed E-state index contributed by atoms with van der Waals surface area (Å²) in [5, 5.41) is 17.1. The van der Waals surface area contributed by atoms with Gasteiger partial charge in [-0.3, -0.25) is 9.48 Å².